The third kappa shape index (κ3) is 4.12. The molecular weight excluding hydrogens is 212 g/mol. The molecule has 5 heteroatoms. The molecule has 1 rings (SSSR count). The Kier molecular flexibility index (Phi) is 4.64. The molecule has 0 aromatic carbocycles. The van der Waals surface area contributed by atoms with Crippen molar-refractivity contribution in [2.24, 2.45) is 0 Å². The molecule has 5 nitrogen and oxygen atoms in total. The number of ketones is 1. The summed E-state index contributed by atoms with van der Waals surface area (Å²) >= 11 is 0. The highest BCUT2D eigenvalue weighted by atomic mass is 16.7. The lowest BCUT2D eigenvalue weighted by atomic mass is 10.2. The Morgan fingerprint density at radius 3 is 2.81 bits per heavy atom. The topological polar surface area (TPSA) is 61.8 Å². The number of esters is 1. The van der Waals surface area contributed by atoms with Crippen LogP contribution in [0.5, 0.6) is 0 Å². The van der Waals surface area contributed by atoms with Crippen molar-refractivity contribution in [3.63, 3.8) is 0 Å². The average molecular weight is 228 g/mol. The summed E-state index contributed by atoms with van der Waals surface area (Å²) in [4.78, 5) is 22.0. The fourth-order valence-corrected chi connectivity index (χ4v) is 1.19. The van der Waals surface area contributed by atoms with Gasteiger partial charge in [0.2, 0.25) is 12.1 Å². The van der Waals surface area contributed by atoms with Crippen LogP contribution in [0.15, 0.2) is 12.2 Å². The SMILES string of the molecule is CC(=O)OC[C@@H]1C=CC(=O)[C@@H](OC(C)C)O1. The van der Waals surface area contributed by atoms with Gasteiger partial charge in [0, 0.05) is 6.92 Å². The van der Waals surface area contributed by atoms with Gasteiger partial charge < -0.3 is 14.2 Å². The van der Waals surface area contributed by atoms with E-state index in [4.69, 9.17) is 14.2 Å². The summed E-state index contributed by atoms with van der Waals surface area (Å²) in [6.45, 7) is 5.04. The zero-order valence-electron chi connectivity index (χ0n) is 9.64. The largest absolute Gasteiger partial charge is 0.463 e. The van der Waals surface area contributed by atoms with Crippen molar-refractivity contribution in [3.8, 4) is 0 Å². The smallest absolute Gasteiger partial charge is 0.302 e. The van der Waals surface area contributed by atoms with E-state index >= 15 is 0 Å². The highest BCUT2D eigenvalue weighted by Crippen LogP contribution is 2.13. The summed E-state index contributed by atoms with van der Waals surface area (Å²) in [6.07, 6.45) is 1.53. The molecule has 2 atom stereocenters. The van der Waals surface area contributed by atoms with Crippen molar-refractivity contribution in [3.05, 3.63) is 12.2 Å². The summed E-state index contributed by atoms with van der Waals surface area (Å²) in [5.74, 6) is -0.608. The monoisotopic (exact) mass is 228 g/mol. The van der Waals surface area contributed by atoms with Gasteiger partial charge in [0.15, 0.2) is 0 Å². The number of ether oxygens (including phenoxy) is 3. The van der Waals surface area contributed by atoms with Crippen LogP contribution in [0.1, 0.15) is 20.8 Å². The minimum atomic E-state index is -0.898. The number of rotatable bonds is 4. The van der Waals surface area contributed by atoms with Crippen LogP contribution in [0.3, 0.4) is 0 Å². The summed E-state index contributed by atoms with van der Waals surface area (Å²) in [5, 5.41) is 0. The number of hydrogen-bond acceptors (Lipinski definition) is 5. The summed E-state index contributed by atoms with van der Waals surface area (Å²) in [6, 6.07) is 0. The van der Waals surface area contributed by atoms with Crippen molar-refractivity contribution >= 4 is 11.8 Å². The van der Waals surface area contributed by atoms with Crippen LogP contribution in [0.2, 0.25) is 0 Å². The van der Waals surface area contributed by atoms with Crippen molar-refractivity contribution in [1.82, 2.24) is 0 Å². The minimum Gasteiger partial charge on any atom is -0.463 e. The highest BCUT2D eigenvalue weighted by Gasteiger charge is 2.27. The van der Waals surface area contributed by atoms with Gasteiger partial charge in [0.05, 0.1) is 6.10 Å². The maximum absolute atomic E-state index is 11.4. The molecule has 0 saturated heterocycles. The second kappa shape index (κ2) is 5.77. The predicted molar refractivity (Wildman–Crippen MR) is 55.7 cm³/mol. The second-order valence-corrected chi connectivity index (χ2v) is 3.76. The molecule has 0 aromatic rings. The first-order valence-electron chi connectivity index (χ1n) is 5.15. The van der Waals surface area contributed by atoms with E-state index in [2.05, 4.69) is 0 Å². The van der Waals surface area contributed by atoms with Crippen molar-refractivity contribution in [1.29, 1.82) is 0 Å². The van der Waals surface area contributed by atoms with E-state index in [0.29, 0.717) is 0 Å². The number of carbonyl (C=O) groups excluding carboxylic acids is 2. The molecule has 1 heterocycles. The molecule has 0 fully saturated rings. The van der Waals surface area contributed by atoms with Crippen LogP contribution < -0.4 is 0 Å². The molecule has 0 aliphatic carbocycles. The molecule has 16 heavy (non-hydrogen) atoms. The Labute approximate surface area is 94.4 Å². The van der Waals surface area contributed by atoms with Gasteiger partial charge >= 0.3 is 5.97 Å². The fraction of sp³-hybridized carbons (Fsp3) is 0.636. The van der Waals surface area contributed by atoms with Gasteiger partial charge in [-0.2, -0.15) is 0 Å². The van der Waals surface area contributed by atoms with Gasteiger partial charge in [-0.05, 0) is 26.0 Å². The first-order valence-corrected chi connectivity index (χ1v) is 5.15. The summed E-state index contributed by atoms with van der Waals surface area (Å²) in [7, 11) is 0. The first kappa shape index (κ1) is 12.9. The van der Waals surface area contributed by atoms with E-state index in [1.807, 2.05) is 13.8 Å². The first-order chi connectivity index (χ1) is 7.49. The lowest BCUT2D eigenvalue weighted by molar-refractivity contribution is -0.194. The molecule has 0 spiro atoms. The third-order valence-corrected chi connectivity index (χ3v) is 1.85. The van der Waals surface area contributed by atoms with Crippen LogP contribution in [0.4, 0.5) is 0 Å². The zero-order chi connectivity index (χ0) is 12.1. The molecule has 0 N–H and O–H groups in total. The number of carbonyl (C=O) groups is 2. The quantitative estimate of drug-likeness (QED) is 0.667. The molecule has 1 aliphatic rings. The molecule has 0 saturated carbocycles. The van der Waals surface area contributed by atoms with E-state index in [9.17, 15) is 9.59 Å². The van der Waals surface area contributed by atoms with Gasteiger partial charge in [-0.3, -0.25) is 9.59 Å². The normalized spacial score (nSPS) is 24.9. The van der Waals surface area contributed by atoms with E-state index in [1.165, 1.54) is 13.0 Å². The van der Waals surface area contributed by atoms with Gasteiger partial charge in [0.1, 0.15) is 12.7 Å². The molecule has 0 amide bonds. The van der Waals surface area contributed by atoms with Crippen LogP contribution in [0.25, 0.3) is 0 Å². The molecule has 0 bridgehead atoms. The maximum atomic E-state index is 11.4. The van der Waals surface area contributed by atoms with Gasteiger partial charge in [0.25, 0.3) is 0 Å². The van der Waals surface area contributed by atoms with Crippen LogP contribution in [-0.2, 0) is 23.8 Å². The maximum Gasteiger partial charge on any atom is 0.302 e. The number of hydrogen-bond donors (Lipinski definition) is 0. The Hall–Kier alpha value is -1.20. The van der Waals surface area contributed by atoms with Crippen LogP contribution >= 0.6 is 0 Å². The minimum absolute atomic E-state index is 0.0943. The fourth-order valence-electron chi connectivity index (χ4n) is 1.19. The zero-order valence-corrected chi connectivity index (χ0v) is 9.64. The van der Waals surface area contributed by atoms with E-state index < -0.39 is 12.4 Å². The molecule has 90 valence electrons. The molecule has 0 aromatic heterocycles. The average Bonchev–Trinajstić information content (AvgIpc) is 2.18. The highest BCUT2D eigenvalue weighted by molar-refractivity contribution is 5.93. The Balaban J connectivity index is 2.49. The van der Waals surface area contributed by atoms with E-state index in [1.54, 1.807) is 6.08 Å². The standard InChI is InChI=1S/C11H16O5/c1-7(2)15-11-10(13)5-4-9(16-11)6-14-8(3)12/h4-5,7,9,11H,6H2,1-3H3/t9-,11-/m0/s1. The predicted octanol–water partition coefficient (Wildman–Crippen LogP) is 0.825. The summed E-state index contributed by atoms with van der Waals surface area (Å²) < 4.78 is 15.4. The van der Waals surface area contributed by atoms with E-state index in [0.717, 1.165) is 0 Å². The third-order valence-electron chi connectivity index (χ3n) is 1.85. The Morgan fingerprint density at radius 1 is 1.56 bits per heavy atom. The van der Waals surface area contributed by atoms with Crippen LogP contribution in [0, 0.1) is 0 Å². The van der Waals surface area contributed by atoms with Crippen LogP contribution in [-0.4, -0.2) is 36.9 Å². The van der Waals surface area contributed by atoms with Gasteiger partial charge in [-0.1, -0.05) is 0 Å². The Morgan fingerprint density at radius 2 is 2.25 bits per heavy atom. The van der Waals surface area contributed by atoms with Crippen molar-refractivity contribution < 1.29 is 23.8 Å². The van der Waals surface area contributed by atoms with E-state index in [-0.39, 0.29) is 24.5 Å². The lowest BCUT2D eigenvalue weighted by Gasteiger charge is -2.25. The van der Waals surface area contributed by atoms with Crippen molar-refractivity contribution in [2.45, 2.75) is 39.3 Å². The lowest BCUT2D eigenvalue weighted by Crippen LogP contribution is -2.37. The van der Waals surface area contributed by atoms with Gasteiger partial charge in [-0.25, -0.2) is 0 Å². The van der Waals surface area contributed by atoms with Crippen molar-refractivity contribution in [2.75, 3.05) is 6.61 Å². The molecule has 1 aliphatic heterocycles. The molecule has 0 radical (unpaired) electrons. The molecular formula is C11H16O5. The Bertz CT molecular complexity index is 295. The second-order valence-electron chi connectivity index (χ2n) is 3.76. The summed E-state index contributed by atoms with van der Waals surface area (Å²) in [5.41, 5.74) is 0. The van der Waals surface area contributed by atoms with Gasteiger partial charge in [-0.15, -0.1) is 0 Å². The molecule has 0 unspecified atom stereocenters.